The van der Waals surface area contributed by atoms with E-state index in [1.165, 1.54) is 23.7 Å². The second-order valence-electron chi connectivity index (χ2n) is 5.34. The van der Waals surface area contributed by atoms with Gasteiger partial charge >= 0.3 is 0 Å². The van der Waals surface area contributed by atoms with E-state index < -0.39 is 0 Å². The van der Waals surface area contributed by atoms with E-state index >= 15 is 0 Å². The van der Waals surface area contributed by atoms with Crippen molar-refractivity contribution in [3.05, 3.63) is 65.9 Å². The molecule has 0 aliphatic rings. The van der Waals surface area contributed by atoms with E-state index in [0.29, 0.717) is 18.3 Å². The molecule has 4 nitrogen and oxygen atoms in total. The molecule has 0 radical (unpaired) electrons. The summed E-state index contributed by atoms with van der Waals surface area (Å²) in [4.78, 5) is 4.45. The zero-order valence-electron chi connectivity index (χ0n) is 12.8. The molecular formula is C18H13FN2O2S. The Labute approximate surface area is 141 Å². The average Bonchev–Trinajstić information content (AvgIpc) is 3.19. The summed E-state index contributed by atoms with van der Waals surface area (Å²) in [5, 5.41) is 1.06. The van der Waals surface area contributed by atoms with Gasteiger partial charge in [0.25, 0.3) is 0 Å². The summed E-state index contributed by atoms with van der Waals surface area (Å²) in [6.45, 7) is 2.14. The molecule has 6 heteroatoms. The molecule has 24 heavy (non-hydrogen) atoms. The summed E-state index contributed by atoms with van der Waals surface area (Å²) in [6.07, 6.45) is 1.82. The molecule has 0 amide bonds. The Morgan fingerprint density at radius 3 is 2.83 bits per heavy atom. The summed E-state index contributed by atoms with van der Waals surface area (Å²) >= 11 is 1.46. The standard InChI is InChI=1S/C18H13FN2O2S/c1-11-16(21-18(23-11)12-2-4-14(19)5-3-12)10-22-15-6-7-17-13(8-15)9-20-24-17/h2-9H,10H2,1H3. The van der Waals surface area contributed by atoms with Crippen molar-refractivity contribution in [1.29, 1.82) is 0 Å². The predicted molar refractivity (Wildman–Crippen MR) is 90.6 cm³/mol. The SMILES string of the molecule is Cc1oc(-c2ccc(F)cc2)nc1COc1ccc2sncc2c1. The summed E-state index contributed by atoms with van der Waals surface area (Å²) < 4.78 is 29.8. The fourth-order valence-electron chi connectivity index (χ4n) is 2.37. The molecule has 0 bridgehead atoms. The molecule has 2 aromatic carbocycles. The highest BCUT2D eigenvalue weighted by molar-refractivity contribution is 7.13. The maximum Gasteiger partial charge on any atom is 0.226 e. The molecule has 0 atom stereocenters. The van der Waals surface area contributed by atoms with E-state index in [2.05, 4.69) is 9.36 Å². The van der Waals surface area contributed by atoms with Gasteiger partial charge in [0.05, 0.1) is 4.70 Å². The van der Waals surface area contributed by atoms with Crippen LogP contribution in [0.25, 0.3) is 21.5 Å². The van der Waals surface area contributed by atoms with Crippen molar-refractivity contribution < 1.29 is 13.5 Å². The van der Waals surface area contributed by atoms with Crippen LogP contribution in [-0.2, 0) is 6.61 Å². The monoisotopic (exact) mass is 340 g/mol. The quantitative estimate of drug-likeness (QED) is 0.526. The largest absolute Gasteiger partial charge is 0.487 e. The Kier molecular flexibility index (Phi) is 3.74. The highest BCUT2D eigenvalue weighted by atomic mass is 32.1. The van der Waals surface area contributed by atoms with Crippen molar-refractivity contribution in [3.8, 4) is 17.2 Å². The van der Waals surface area contributed by atoms with E-state index in [0.717, 1.165) is 27.1 Å². The molecular weight excluding hydrogens is 327 g/mol. The Morgan fingerprint density at radius 2 is 2.00 bits per heavy atom. The molecule has 4 aromatic rings. The van der Waals surface area contributed by atoms with Crippen molar-refractivity contribution in [2.45, 2.75) is 13.5 Å². The lowest BCUT2D eigenvalue weighted by molar-refractivity contribution is 0.300. The third-order valence-corrected chi connectivity index (χ3v) is 4.46. The van der Waals surface area contributed by atoms with E-state index in [1.54, 1.807) is 12.1 Å². The molecule has 0 unspecified atom stereocenters. The molecule has 0 saturated carbocycles. The van der Waals surface area contributed by atoms with Gasteiger partial charge in [-0.05, 0) is 60.9 Å². The lowest BCUT2D eigenvalue weighted by Gasteiger charge is -2.04. The van der Waals surface area contributed by atoms with E-state index in [-0.39, 0.29) is 5.82 Å². The number of benzene rings is 2. The van der Waals surface area contributed by atoms with Gasteiger partial charge < -0.3 is 9.15 Å². The van der Waals surface area contributed by atoms with Gasteiger partial charge in [0, 0.05) is 17.1 Å². The van der Waals surface area contributed by atoms with Crippen LogP contribution in [0.4, 0.5) is 4.39 Å². The summed E-state index contributed by atoms with van der Waals surface area (Å²) in [7, 11) is 0. The Bertz CT molecular complexity index is 992. The van der Waals surface area contributed by atoms with Crippen molar-refractivity contribution in [2.75, 3.05) is 0 Å². The normalized spacial score (nSPS) is 11.1. The molecule has 0 spiro atoms. The molecule has 0 N–H and O–H groups in total. The highest BCUT2D eigenvalue weighted by Gasteiger charge is 2.12. The number of aryl methyl sites for hydroxylation is 1. The van der Waals surface area contributed by atoms with Gasteiger partial charge in [0.15, 0.2) is 0 Å². The number of hydrogen-bond donors (Lipinski definition) is 0. The molecule has 4 rings (SSSR count). The van der Waals surface area contributed by atoms with Crippen LogP contribution in [0.15, 0.2) is 53.1 Å². The van der Waals surface area contributed by atoms with Crippen LogP contribution in [0.3, 0.4) is 0 Å². The Morgan fingerprint density at radius 1 is 1.17 bits per heavy atom. The first-order valence-corrected chi connectivity index (χ1v) is 8.16. The maximum absolute atomic E-state index is 13.0. The first-order valence-electron chi connectivity index (χ1n) is 7.38. The number of nitrogens with zero attached hydrogens (tertiary/aromatic N) is 2. The zero-order chi connectivity index (χ0) is 16.5. The fraction of sp³-hybridized carbons (Fsp3) is 0.111. The van der Waals surface area contributed by atoms with Gasteiger partial charge in [-0.3, -0.25) is 0 Å². The number of fused-ring (bicyclic) bond motifs is 1. The van der Waals surface area contributed by atoms with Gasteiger partial charge in [-0.1, -0.05) is 0 Å². The topological polar surface area (TPSA) is 48.2 Å². The Hall–Kier alpha value is -2.73. The fourth-order valence-corrected chi connectivity index (χ4v) is 3.00. The number of oxazole rings is 1. The number of ether oxygens (including phenoxy) is 1. The van der Waals surface area contributed by atoms with Crippen LogP contribution in [-0.4, -0.2) is 9.36 Å². The van der Waals surface area contributed by atoms with Crippen molar-refractivity contribution in [3.63, 3.8) is 0 Å². The molecule has 0 fully saturated rings. The predicted octanol–water partition coefficient (Wildman–Crippen LogP) is 4.98. The minimum absolute atomic E-state index is 0.288. The molecule has 0 saturated heterocycles. The van der Waals surface area contributed by atoms with E-state index in [4.69, 9.17) is 9.15 Å². The van der Waals surface area contributed by atoms with Crippen LogP contribution in [0.5, 0.6) is 5.75 Å². The van der Waals surface area contributed by atoms with Gasteiger partial charge in [-0.2, -0.15) is 4.37 Å². The number of hydrogen-bond acceptors (Lipinski definition) is 5. The maximum atomic E-state index is 13.0. The van der Waals surface area contributed by atoms with E-state index in [1.807, 2.05) is 31.3 Å². The third-order valence-electron chi connectivity index (χ3n) is 3.68. The minimum Gasteiger partial charge on any atom is -0.487 e. The second-order valence-corrected chi connectivity index (χ2v) is 6.18. The first-order chi connectivity index (χ1) is 11.7. The van der Waals surface area contributed by atoms with Gasteiger partial charge in [-0.25, -0.2) is 9.37 Å². The number of aromatic nitrogens is 2. The van der Waals surface area contributed by atoms with E-state index in [9.17, 15) is 4.39 Å². The molecule has 2 heterocycles. The van der Waals surface area contributed by atoms with Gasteiger partial charge in [0.2, 0.25) is 5.89 Å². The minimum atomic E-state index is -0.288. The summed E-state index contributed by atoms with van der Waals surface area (Å²) in [5.74, 6) is 1.62. The molecule has 0 aliphatic carbocycles. The van der Waals surface area contributed by atoms with Crippen LogP contribution in [0.2, 0.25) is 0 Å². The third kappa shape index (κ3) is 2.88. The highest BCUT2D eigenvalue weighted by Crippen LogP contribution is 2.26. The molecule has 0 aliphatic heterocycles. The molecule has 120 valence electrons. The Balaban J connectivity index is 1.53. The summed E-state index contributed by atoms with van der Waals surface area (Å²) in [5.41, 5.74) is 1.45. The van der Waals surface area contributed by atoms with Gasteiger partial charge in [0.1, 0.15) is 29.6 Å². The second kappa shape index (κ2) is 6.05. The molecule has 2 aromatic heterocycles. The van der Waals surface area contributed by atoms with Crippen LogP contribution in [0, 0.1) is 12.7 Å². The van der Waals surface area contributed by atoms with Crippen LogP contribution < -0.4 is 4.74 Å². The van der Waals surface area contributed by atoms with Crippen LogP contribution >= 0.6 is 11.5 Å². The average molecular weight is 340 g/mol. The lowest BCUT2D eigenvalue weighted by atomic mass is 10.2. The first kappa shape index (κ1) is 14.8. The van der Waals surface area contributed by atoms with Crippen molar-refractivity contribution in [2.24, 2.45) is 0 Å². The zero-order valence-corrected chi connectivity index (χ0v) is 13.6. The number of rotatable bonds is 4. The smallest absolute Gasteiger partial charge is 0.226 e. The van der Waals surface area contributed by atoms with Crippen molar-refractivity contribution >= 4 is 21.6 Å². The summed E-state index contributed by atoms with van der Waals surface area (Å²) in [6, 6.07) is 11.9. The van der Waals surface area contributed by atoms with Gasteiger partial charge in [-0.15, -0.1) is 0 Å². The lowest BCUT2D eigenvalue weighted by Crippen LogP contribution is -1.97. The van der Waals surface area contributed by atoms with Crippen LogP contribution in [0.1, 0.15) is 11.5 Å². The number of halogens is 1. The van der Waals surface area contributed by atoms with Crippen molar-refractivity contribution in [1.82, 2.24) is 9.36 Å².